The number of rotatable bonds is 3. The highest BCUT2D eigenvalue weighted by atomic mass is 32.1. The van der Waals surface area contributed by atoms with E-state index in [1.807, 2.05) is 18.2 Å². The highest BCUT2D eigenvalue weighted by Gasteiger charge is 2.01. The zero-order chi connectivity index (χ0) is 11.5. The van der Waals surface area contributed by atoms with E-state index in [4.69, 9.17) is 0 Å². The lowest BCUT2D eigenvalue weighted by Gasteiger charge is -2.03. The second-order valence-corrected chi connectivity index (χ2v) is 4.41. The molecule has 84 valence electrons. The molecule has 0 aliphatic heterocycles. The molecule has 0 atom stereocenters. The Bertz CT molecular complexity index is 620. The van der Waals surface area contributed by atoms with Crippen molar-refractivity contribution in [2.45, 2.75) is 6.54 Å². The van der Waals surface area contributed by atoms with Crippen LogP contribution in [0.15, 0.2) is 42.0 Å². The lowest BCUT2D eigenvalue weighted by atomic mass is 10.2. The summed E-state index contributed by atoms with van der Waals surface area (Å²) in [4.78, 5) is 13.7. The van der Waals surface area contributed by atoms with Gasteiger partial charge in [-0.1, -0.05) is 30.3 Å². The van der Waals surface area contributed by atoms with Gasteiger partial charge in [-0.3, -0.25) is 0 Å². The minimum Gasteiger partial charge on any atom is -0.350 e. The first-order valence-electron chi connectivity index (χ1n) is 5.26. The van der Waals surface area contributed by atoms with Crippen molar-refractivity contribution in [2.24, 2.45) is 0 Å². The van der Waals surface area contributed by atoms with Gasteiger partial charge in [-0.2, -0.15) is 0 Å². The predicted octanol–water partition coefficient (Wildman–Crippen LogP) is 2.70. The Morgan fingerprint density at radius 2 is 2.00 bits per heavy atom. The van der Waals surface area contributed by atoms with E-state index in [9.17, 15) is 0 Å². The number of hydrogen-bond donors (Lipinski definition) is 1. The van der Waals surface area contributed by atoms with Crippen LogP contribution in [0.3, 0.4) is 0 Å². The van der Waals surface area contributed by atoms with E-state index in [0.29, 0.717) is 5.95 Å². The number of thiazole rings is 1. The highest BCUT2D eigenvalue weighted by Crippen LogP contribution is 2.15. The van der Waals surface area contributed by atoms with E-state index in [0.717, 1.165) is 16.9 Å². The van der Waals surface area contributed by atoms with E-state index < -0.39 is 0 Å². The van der Waals surface area contributed by atoms with Crippen molar-refractivity contribution >= 4 is 27.6 Å². The molecule has 0 spiro atoms. The maximum absolute atomic E-state index is 4.38. The largest absolute Gasteiger partial charge is 0.350 e. The first-order chi connectivity index (χ1) is 8.42. The molecule has 0 saturated heterocycles. The maximum atomic E-state index is 4.38. The molecule has 2 heterocycles. The lowest BCUT2D eigenvalue weighted by molar-refractivity contribution is 1.07. The van der Waals surface area contributed by atoms with Crippen LogP contribution in [0.25, 0.3) is 10.3 Å². The number of hydrogen-bond acceptors (Lipinski definition) is 5. The zero-order valence-corrected chi connectivity index (χ0v) is 9.81. The third-order valence-corrected chi connectivity index (χ3v) is 3.12. The summed E-state index contributed by atoms with van der Waals surface area (Å²) in [5, 5.41) is 3.20. The van der Waals surface area contributed by atoms with Crippen LogP contribution in [-0.2, 0) is 6.54 Å². The Morgan fingerprint density at radius 3 is 2.88 bits per heavy atom. The Labute approximate surface area is 102 Å². The molecule has 0 aliphatic rings. The summed E-state index contributed by atoms with van der Waals surface area (Å²) in [6, 6.07) is 10.2. The molecule has 0 saturated carbocycles. The fourth-order valence-corrected chi connectivity index (χ4v) is 2.16. The van der Waals surface area contributed by atoms with Crippen molar-refractivity contribution < 1.29 is 0 Å². The Kier molecular flexibility index (Phi) is 2.67. The Balaban J connectivity index is 1.76. The monoisotopic (exact) mass is 242 g/mol. The van der Waals surface area contributed by atoms with Crippen LogP contribution in [-0.4, -0.2) is 15.0 Å². The van der Waals surface area contributed by atoms with Crippen LogP contribution < -0.4 is 5.32 Å². The summed E-state index contributed by atoms with van der Waals surface area (Å²) in [6.07, 6.45) is 1.74. The summed E-state index contributed by atoms with van der Waals surface area (Å²) in [5.41, 5.74) is 3.83. The van der Waals surface area contributed by atoms with Gasteiger partial charge < -0.3 is 5.32 Å². The van der Waals surface area contributed by atoms with Crippen molar-refractivity contribution in [3.8, 4) is 0 Å². The molecule has 4 nitrogen and oxygen atoms in total. The summed E-state index contributed by atoms with van der Waals surface area (Å²) in [5.74, 6) is 0.644. The number of fused-ring (bicyclic) bond motifs is 1. The molecule has 3 aromatic rings. The molecule has 0 unspecified atom stereocenters. The van der Waals surface area contributed by atoms with Gasteiger partial charge in [0.25, 0.3) is 0 Å². The number of anilines is 1. The maximum Gasteiger partial charge on any atom is 0.224 e. The van der Waals surface area contributed by atoms with Gasteiger partial charge in [0.15, 0.2) is 0 Å². The molecule has 0 fully saturated rings. The first kappa shape index (κ1) is 10.2. The third kappa shape index (κ3) is 2.24. The zero-order valence-electron chi connectivity index (χ0n) is 9.00. The second-order valence-electron chi connectivity index (χ2n) is 3.58. The summed E-state index contributed by atoms with van der Waals surface area (Å²) < 4.78 is 0. The molecule has 0 radical (unpaired) electrons. The third-order valence-electron chi connectivity index (χ3n) is 2.39. The molecule has 0 aliphatic carbocycles. The first-order valence-corrected chi connectivity index (χ1v) is 6.14. The highest BCUT2D eigenvalue weighted by molar-refractivity contribution is 7.16. The summed E-state index contributed by atoms with van der Waals surface area (Å²) in [7, 11) is 0. The van der Waals surface area contributed by atoms with Gasteiger partial charge in [-0.15, -0.1) is 11.3 Å². The van der Waals surface area contributed by atoms with Crippen LogP contribution in [0.4, 0.5) is 5.95 Å². The summed E-state index contributed by atoms with van der Waals surface area (Å²) >= 11 is 1.52. The van der Waals surface area contributed by atoms with Gasteiger partial charge in [0, 0.05) is 6.54 Å². The molecule has 2 aromatic heterocycles. The van der Waals surface area contributed by atoms with Gasteiger partial charge in [0.2, 0.25) is 5.95 Å². The fourth-order valence-electron chi connectivity index (χ4n) is 1.53. The normalized spacial score (nSPS) is 10.6. The average molecular weight is 242 g/mol. The van der Waals surface area contributed by atoms with E-state index in [1.54, 1.807) is 11.7 Å². The van der Waals surface area contributed by atoms with Crippen molar-refractivity contribution in [1.29, 1.82) is 0 Å². The molecule has 1 N–H and O–H groups in total. The molecule has 17 heavy (non-hydrogen) atoms. The van der Waals surface area contributed by atoms with Gasteiger partial charge in [-0.05, 0) is 5.56 Å². The van der Waals surface area contributed by atoms with Crippen molar-refractivity contribution in [3.63, 3.8) is 0 Å². The van der Waals surface area contributed by atoms with Gasteiger partial charge in [0.05, 0.1) is 11.7 Å². The molecule has 0 amide bonds. The molecular formula is C12H10N4S. The molecular weight excluding hydrogens is 232 g/mol. The van der Waals surface area contributed by atoms with Crippen LogP contribution in [0, 0.1) is 0 Å². The van der Waals surface area contributed by atoms with Crippen molar-refractivity contribution in [2.75, 3.05) is 5.32 Å². The van der Waals surface area contributed by atoms with Crippen molar-refractivity contribution in [3.05, 3.63) is 47.6 Å². The number of benzene rings is 1. The number of nitrogens with one attached hydrogen (secondary N) is 1. The fraction of sp³-hybridized carbons (Fsp3) is 0.0833. The average Bonchev–Trinajstić information content (AvgIpc) is 2.85. The van der Waals surface area contributed by atoms with Crippen LogP contribution in [0.2, 0.25) is 0 Å². The lowest BCUT2D eigenvalue weighted by Crippen LogP contribution is -2.02. The smallest absolute Gasteiger partial charge is 0.224 e. The van der Waals surface area contributed by atoms with Gasteiger partial charge in [0.1, 0.15) is 10.3 Å². The minimum atomic E-state index is 0.644. The topological polar surface area (TPSA) is 50.7 Å². The standard InChI is InChI=1S/C12H10N4S/c1-2-4-9(5-3-1)6-13-12-14-7-10-11(16-12)17-8-15-10/h1-5,7-8H,6H2,(H,13,14,16). The summed E-state index contributed by atoms with van der Waals surface area (Å²) in [6.45, 7) is 0.727. The van der Waals surface area contributed by atoms with Crippen molar-refractivity contribution in [1.82, 2.24) is 15.0 Å². The minimum absolute atomic E-state index is 0.644. The van der Waals surface area contributed by atoms with Gasteiger partial charge in [-0.25, -0.2) is 15.0 Å². The van der Waals surface area contributed by atoms with E-state index >= 15 is 0 Å². The number of nitrogens with zero attached hydrogens (tertiary/aromatic N) is 3. The van der Waals surface area contributed by atoms with Crippen LogP contribution in [0.5, 0.6) is 0 Å². The van der Waals surface area contributed by atoms with Crippen LogP contribution >= 0.6 is 11.3 Å². The molecule has 1 aromatic carbocycles. The SMILES string of the molecule is c1ccc(CNc2ncc3ncsc3n2)cc1. The molecule has 5 heteroatoms. The molecule has 0 bridgehead atoms. The van der Waals surface area contributed by atoms with E-state index in [1.165, 1.54) is 16.9 Å². The van der Waals surface area contributed by atoms with Crippen LogP contribution in [0.1, 0.15) is 5.56 Å². The quantitative estimate of drug-likeness (QED) is 0.767. The van der Waals surface area contributed by atoms with E-state index in [2.05, 4.69) is 32.4 Å². The Morgan fingerprint density at radius 1 is 1.12 bits per heavy atom. The second kappa shape index (κ2) is 4.47. The predicted molar refractivity (Wildman–Crippen MR) is 69.0 cm³/mol. The number of aromatic nitrogens is 3. The molecule has 3 rings (SSSR count). The van der Waals surface area contributed by atoms with E-state index in [-0.39, 0.29) is 0 Å². The Hall–Kier alpha value is -2.01. The van der Waals surface area contributed by atoms with Gasteiger partial charge >= 0.3 is 0 Å².